The highest BCUT2D eigenvalue weighted by molar-refractivity contribution is 5.96. The molecular formula is C18H15FN2O3. The van der Waals surface area contributed by atoms with Crippen LogP contribution in [0.15, 0.2) is 51.8 Å². The Labute approximate surface area is 136 Å². The van der Waals surface area contributed by atoms with Gasteiger partial charge in [0.1, 0.15) is 11.4 Å². The number of nitrogens with zero attached hydrogens (tertiary/aromatic N) is 1. The molecule has 1 unspecified atom stereocenters. The van der Waals surface area contributed by atoms with E-state index in [1.807, 2.05) is 0 Å². The van der Waals surface area contributed by atoms with Crippen LogP contribution in [-0.4, -0.2) is 22.3 Å². The molecule has 122 valence electrons. The summed E-state index contributed by atoms with van der Waals surface area (Å²) in [6, 6.07) is 8.94. The van der Waals surface area contributed by atoms with Gasteiger partial charge in [-0.15, -0.1) is 0 Å². The third kappa shape index (κ3) is 2.50. The van der Waals surface area contributed by atoms with E-state index in [0.29, 0.717) is 17.5 Å². The van der Waals surface area contributed by atoms with E-state index in [1.54, 1.807) is 29.3 Å². The maximum absolute atomic E-state index is 13.3. The van der Waals surface area contributed by atoms with Gasteiger partial charge in [-0.25, -0.2) is 4.39 Å². The molecule has 1 saturated heterocycles. The number of hydrogen-bond donors (Lipinski definition) is 1. The molecule has 0 radical (unpaired) electrons. The van der Waals surface area contributed by atoms with Crippen molar-refractivity contribution >= 4 is 16.9 Å². The van der Waals surface area contributed by atoms with Gasteiger partial charge in [0.2, 0.25) is 5.56 Å². The number of H-pyrrole nitrogens is 1. The van der Waals surface area contributed by atoms with Gasteiger partial charge in [-0.2, -0.15) is 0 Å². The predicted molar refractivity (Wildman–Crippen MR) is 86.2 cm³/mol. The van der Waals surface area contributed by atoms with Crippen LogP contribution in [0.25, 0.3) is 11.0 Å². The number of benzene rings is 1. The lowest BCUT2D eigenvalue weighted by Gasteiger charge is -2.23. The summed E-state index contributed by atoms with van der Waals surface area (Å²) in [5.74, 6) is -0.421. The van der Waals surface area contributed by atoms with Gasteiger partial charge in [0.15, 0.2) is 5.76 Å². The minimum Gasteiger partial charge on any atom is -0.451 e. The van der Waals surface area contributed by atoms with Crippen LogP contribution in [0.2, 0.25) is 0 Å². The highest BCUT2D eigenvalue weighted by Gasteiger charge is 2.32. The van der Waals surface area contributed by atoms with E-state index in [-0.39, 0.29) is 23.3 Å². The zero-order valence-electron chi connectivity index (χ0n) is 12.8. The van der Waals surface area contributed by atoms with E-state index in [2.05, 4.69) is 4.98 Å². The fraction of sp³-hybridized carbons (Fsp3) is 0.222. The number of aromatic amines is 1. The molecular weight excluding hydrogens is 311 g/mol. The van der Waals surface area contributed by atoms with Crippen LogP contribution in [0, 0.1) is 5.82 Å². The molecule has 6 heteroatoms. The molecule has 1 amide bonds. The molecule has 1 atom stereocenters. The lowest BCUT2D eigenvalue weighted by atomic mass is 10.1. The summed E-state index contributed by atoms with van der Waals surface area (Å²) in [5, 5.41) is 0.694. The van der Waals surface area contributed by atoms with Crippen molar-refractivity contribution in [3.05, 3.63) is 70.1 Å². The number of aromatic nitrogens is 1. The molecule has 24 heavy (non-hydrogen) atoms. The number of furan rings is 1. The summed E-state index contributed by atoms with van der Waals surface area (Å²) in [5.41, 5.74) is 1.08. The number of rotatable bonds is 2. The summed E-state index contributed by atoms with van der Waals surface area (Å²) >= 11 is 0. The van der Waals surface area contributed by atoms with Gasteiger partial charge in [-0.05, 0) is 36.6 Å². The number of carbonyl (C=O) groups excluding carboxylic acids is 1. The zero-order chi connectivity index (χ0) is 16.7. The maximum Gasteiger partial charge on any atom is 0.290 e. The maximum atomic E-state index is 13.3. The Morgan fingerprint density at radius 2 is 2.12 bits per heavy atom. The molecule has 1 N–H and O–H groups in total. The topological polar surface area (TPSA) is 66.3 Å². The number of pyridine rings is 1. The summed E-state index contributed by atoms with van der Waals surface area (Å²) < 4.78 is 18.8. The Hall–Kier alpha value is -2.89. The molecule has 1 aliphatic rings. The summed E-state index contributed by atoms with van der Waals surface area (Å²) in [6.07, 6.45) is 3.35. The second-order valence-corrected chi connectivity index (χ2v) is 5.94. The molecule has 5 nitrogen and oxygen atoms in total. The van der Waals surface area contributed by atoms with Gasteiger partial charge >= 0.3 is 0 Å². The van der Waals surface area contributed by atoms with Gasteiger partial charge < -0.3 is 14.3 Å². The first kappa shape index (κ1) is 14.7. The normalized spacial score (nSPS) is 17.5. The van der Waals surface area contributed by atoms with E-state index in [4.69, 9.17) is 4.42 Å². The average molecular weight is 326 g/mol. The van der Waals surface area contributed by atoms with Crippen molar-refractivity contribution in [3.8, 4) is 0 Å². The Bertz CT molecular complexity index is 955. The van der Waals surface area contributed by atoms with Crippen molar-refractivity contribution < 1.29 is 13.6 Å². The van der Waals surface area contributed by atoms with Crippen LogP contribution in [0.4, 0.5) is 4.39 Å². The van der Waals surface area contributed by atoms with E-state index in [9.17, 15) is 14.0 Å². The van der Waals surface area contributed by atoms with Crippen molar-refractivity contribution in [3.63, 3.8) is 0 Å². The molecule has 1 aromatic carbocycles. The summed E-state index contributed by atoms with van der Waals surface area (Å²) in [7, 11) is 0. The number of hydrogen-bond acceptors (Lipinski definition) is 3. The molecule has 0 bridgehead atoms. The Morgan fingerprint density at radius 1 is 1.25 bits per heavy atom. The summed E-state index contributed by atoms with van der Waals surface area (Å²) in [6.45, 7) is 0.619. The van der Waals surface area contributed by atoms with Gasteiger partial charge in [0.05, 0.1) is 6.04 Å². The van der Waals surface area contributed by atoms with Crippen LogP contribution >= 0.6 is 0 Å². The number of carbonyl (C=O) groups is 1. The first-order valence-corrected chi connectivity index (χ1v) is 7.80. The van der Waals surface area contributed by atoms with Crippen molar-refractivity contribution in [1.82, 2.24) is 9.88 Å². The third-order valence-corrected chi connectivity index (χ3v) is 4.40. The van der Waals surface area contributed by atoms with Crippen LogP contribution < -0.4 is 5.56 Å². The van der Waals surface area contributed by atoms with E-state index < -0.39 is 5.82 Å². The molecule has 3 heterocycles. The average Bonchev–Trinajstić information content (AvgIpc) is 3.21. The molecule has 1 fully saturated rings. The molecule has 3 aromatic rings. The van der Waals surface area contributed by atoms with Crippen molar-refractivity contribution in [2.75, 3.05) is 6.54 Å². The molecule has 4 rings (SSSR count). The minimum atomic E-state index is -0.400. The van der Waals surface area contributed by atoms with Gasteiger partial charge in [-0.1, -0.05) is 6.07 Å². The van der Waals surface area contributed by atoms with Crippen molar-refractivity contribution in [2.45, 2.75) is 18.9 Å². The van der Waals surface area contributed by atoms with E-state index >= 15 is 0 Å². The number of fused-ring (bicyclic) bond motifs is 1. The lowest BCUT2D eigenvalue weighted by Crippen LogP contribution is -2.30. The Balaban J connectivity index is 1.66. The zero-order valence-corrected chi connectivity index (χ0v) is 12.8. The molecule has 0 aliphatic carbocycles. The first-order chi connectivity index (χ1) is 11.6. The minimum absolute atomic E-state index is 0.0979. The fourth-order valence-corrected chi connectivity index (χ4v) is 3.24. The monoisotopic (exact) mass is 326 g/mol. The molecule has 2 aromatic heterocycles. The second kappa shape index (κ2) is 5.63. The first-order valence-electron chi connectivity index (χ1n) is 7.80. The number of nitrogens with one attached hydrogen (secondary N) is 1. The van der Waals surface area contributed by atoms with E-state index in [1.165, 1.54) is 18.2 Å². The van der Waals surface area contributed by atoms with Crippen LogP contribution in [0.3, 0.4) is 0 Å². The van der Waals surface area contributed by atoms with Gasteiger partial charge in [-0.3, -0.25) is 9.59 Å². The van der Waals surface area contributed by atoms with Crippen LogP contribution in [0.1, 0.15) is 35.0 Å². The van der Waals surface area contributed by atoms with Crippen molar-refractivity contribution in [1.29, 1.82) is 0 Å². The van der Waals surface area contributed by atoms with Crippen LogP contribution in [0.5, 0.6) is 0 Å². The number of amides is 1. The highest BCUT2D eigenvalue weighted by Crippen LogP contribution is 2.33. The SMILES string of the molecule is O=C(c1cc2ccc(F)cc2o1)N1CCCC1c1ccc(=O)[nH]c1. The molecule has 0 saturated carbocycles. The van der Waals surface area contributed by atoms with Gasteiger partial charge in [0.25, 0.3) is 5.91 Å². The van der Waals surface area contributed by atoms with Gasteiger partial charge in [0, 0.05) is 30.3 Å². The van der Waals surface area contributed by atoms with Crippen LogP contribution in [-0.2, 0) is 0 Å². The fourth-order valence-electron chi connectivity index (χ4n) is 3.24. The predicted octanol–water partition coefficient (Wildman–Crippen LogP) is 3.24. The highest BCUT2D eigenvalue weighted by atomic mass is 19.1. The van der Waals surface area contributed by atoms with E-state index in [0.717, 1.165) is 18.4 Å². The lowest BCUT2D eigenvalue weighted by molar-refractivity contribution is 0.0705. The molecule has 0 spiro atoms. The quantitative estimate of drug-likeness (QED) is 0.786. The number of halogens is 1. The third-order valence-electron chi connectivity index (χ3n) is 4.40. The largest absolute Gasteiger partial charge is 0.451 e. The Kier molecular flexibility index (Phi) is 3.45. The Morgan fingerprint density at radius 3 is 2.92 bits per heavy atom. The number of likely N-dealkylation sites (tertiary alicyclic amines) is 1. The standard InChI is InChI=1S/C18H15FN2O3/c19-13-5-3-11-8-16(24-15(11)9-13)18(23)21-7-1-2-14(21)12-4-6-17(22)20-10-12/h3-6,8-10,14H,1-2,7H2,(H,20,22). The molecule has 1 aliphatic heterocycles. The summed E-state index contributed by atoms with van der Waals surface area (Å²) in [4.78, 5) is 28.4. The van der Waals surface area contributed by atoms with Crippen molar-refractivity contribution in [2.24, 2.45) is 0 Å². The second-order valence-electron chi connectivity index (χ2n) is 5.94. The smallest absolute Gasteiger partial charge is 0.290 e.